The number of Topliss-reactive ketones (excluding diaryl/α,β-unsaturated/α-hetero) is 1. The molecule has 0 aliphatic heterocycles. The van der Waals surface area contributed by atoms with Gasteiger partial charge in [0.15, 0.2) is 5.78 Å². The second-order valence-electron chi connectivity index (χ2n) is 4.41. The number of carbonyl (C=O) groups excluding carboxylic acids is 2. The van der Waals surface area contributed by atoms with Crippen molar-refractivity contribution in [2.24, 2.45) is 0 Å². The van der Waals surface area contributed by atoms with Gasteiger partial charge in [0.25, 0.3) is 0 Å². The fourth-order valence-electron chi connectivity index (χ4n) is 1.53. The summed E-state index contributed by atoms with van der Waals surface area (Å²) in [6.07, 6.45) is 0. The first-order chi connectivity index (χ1) is 9.45. The number of ketones is 1. The van der Waals surface area contributed by atoms with Gasteiger partial charge in [0.2, 0.25) is 5.91 Å². The van der Waals surface area contributed by atoms with Crippen LogP contribution in [0.5, 0.6) is 0 Å². The number of rotatable bonds is 7. The number of nitrogens with one attached hydrogen (secondary N) is 1. The molecule has 7 heteroatoms. The van der Waals surface area contributed by atoms with Crippen molar-refractivity contribution in [3.8, 4) is 0 Å². The maximum absolute atomic E-state index is 13.6. The summed E-state index contributed by atoms with van der Waals surface area (Å²) in [5, 5.41) is 2.97. The number of hydrogen-bond donors (Lipinski definition) is 1. The predicted octanol–water partition coefficient (Wildman–Crippen LogP) is 2.22. The quantitative estimate of drug-likeness (QED) is 0.613. The van der Waals surface area contributed by atoms with Gasteiger partial charge in [-0.05, 0) is 32.2 Å². The minimum Gasteiger partial charge on any atom is -0.344 e. The Labute approximate surface area is 134 Å². The van der Waals surface area contributed by atoms with Crippen molar-refractivity contribution >= 4 is 35.9 Å². The van der Waals surface area contributed by atoms with E-state index in [1.165, 1.54) is 30.8 Å². The van der Waals surface area contributed by atoms with Gasteiger partial charge in [-0.2, -0.15) is 0 Å². The molecule has 0 radical (unpaired) electrons. The van der Waals surface area contributed by atoms with Crippen LogP contribution in [0.4, 0.5) is 4.39 Å². The monoisotopic (exact) mass is 334 g/mol. The lowest BCUT2D eigenvalue weighted by atomic mass is 10.1. The predicted molar refractivity (Wildman–Crippen MR) is 85.9 cm³/mol. The van der Waals surface area contributed by atoms with E-state index in [2.05, 4.69) is 5.32 Å². The molecule has 1 N–H and O–H groups in total. The number of hydrogen-bond acceptors (Lipinski definition) is 4. The van der Waals surface area contributed by atoms with Crippen molar-refractivity contribution in [2.75, 3.05) is 32.9 Å². The Morgan fingerprint density at radius 3 is 2.57 bits per heavy atom. The molecule has 0 aliphatic carbocycles. The lowest BCUT2D eigenvalue weighted by Crippen LogP contribution is -2.33. The highest BCUT2D eigenvalue weighted by Crippen LogP contribution is 2.21. The topological polar surface area (TPSA) is 49.4 Å². The number of benzene rings is 1. The number of thioether (sulfide) groups is 1. The lowest BCUT2D eigenvalue weighted by Gasteiger charge is -2.16. The molecular weight excluding hydrogens is 315 g/mol. The molecule has 0 spiro atoms. The van der Waals surface area contributed by atoms with Gasteiger partial charge in [-0.25, -0.2) is 4.39 Å². The van der Waals surface area contributed by atoms with E-state index < -0.39 is 5.82 Å². The molecule has 21 heavy (non-hydrogen) atoms. The van der Waals surface area contributed by atoms with Gasteiger partial charge in [0.05, 0.1) is 11.3 Å². The van der Waals surface area contributed by atoms with Crippen LogP contribution in [0.15, 0.2) is 23.1 Å². The first-order valence-corrected chi connectivity index (χ1v) is 7.26. The second-order valence-corrected chi connectivity index (χ2v) is 5.45. The third-order valence-corrected chi connectivity index (χ3v) is 3.78. The van der Waals surface area contributed by atoms with Crippen molar-refractivity contribution in [2.45, 2.75) is 11.8 Å². The zero-order valence-electron chi connectivity index (χ0n) is 12.3. The molecule has 118 valence electrons. The fraction of sp³-hybridized carbons (Fsp3) is 0.429. The van der Waals surface area contributed by atoms with E-state index in [1.54, 1.807) is 18.0 Å². The van der Waals surface area contributed by atoms with Crippen LogP contribution in [0.25, 0.3) is 0 Å². The highest BCUT2D eigenvalue weighted by molar-refractivity contribution is 8.00. The molecule has 0 fully saturated rings. The van der Waals surface area contributed by atoms with Gasteiger partial charge in [-0.1, -0.05) is 0 Å². The zero-order chi connectivity index (χ0) is 15.1. The van der Waals surface area contributed by atoms with Gasteiger partial charge in [-0.15, -0.1) is 24.2 Å². The second kappa shape index (κ2) is 9.76. The Bertz CT molecular complexity index is 500. The van der Waals surface area contributed by atoms with Gasteiger partial charge in [-0.3, -0.25) is 9.59 Å². The fourth-order valence-corrected chi connectivity index (χ4v) is 2.39. The lowest BCUT2D eigenvalue weighted by molar-refractivity contribution is -0.127. The van der Waals surface area contributed by atoms with Gasteiger partial charge < -0.3 is 10.2 Å². The Balaban J connectivity index is 0.00000400. The standard InChI is InChI=1S/C14H19FN2O2S.ClH/c1-10(18)12-5-4-11(8-13(12)15)20-9-14(19)17(3)7-6-16-2;/h4-5,8,16H,6-7,9H2,1-3H3;1H. The molecule has 1 amide bonds. The minimum absolute atomic E-state index is 0. The van der Waals surface area contributed by atoms with Crippen LogP contribution >= 0.6 is 24.2 Å². The van der Waals surface area contributed by atoms with Gasteiger partial charge in [0, 0.05) is 25.0 Å². The summed E-state index contributed by atoms with van der Waals surface area (Å²) in [6, 6.07) is 4.41. The van der Waals surface area contributed by atoms with Crippen LogP contribution in [-0.2, 0) is 4.79 Å². The average molecular weight is 335 g/mol. The molecule has 0 heterocycles. The summed E-state index contributed by atoms with van der Waals surface area (Å²) in [4.78, 5) is 25.2. The number of amides is 1. The number of halogens is 2. The third kappa shape index (κ3) is 6.46. The van der Waals surface area contributed by atoms with Crippen molar-refractivity contribution in [3.05, 3.63) is 29.6 Å². The Morgan fingerprint density at radius 2 is 2.05 bits per heavy atom. The van der Waals surface area contributed by atoms with Crippen LogP contribution < -0.4 is 5.32 Å². The summed E-state index contributed by atoms with van der Waals surface area (Å²) in [5.41, 5.74) is 0.0758. The average Bonchev–Trinajstić information content (AvgIpc) is 2.41. The normalized spacial score (nSPS) is 9.90. The molecule has 1 aromatic carbocycles. The largest absolute Gasteiger partial charge is 0.344 e. The SMILES string of the molecule is CNCCN(C)C(=O)CSc1ccc(C(C)=O)c(F)c1.Cl. The number of nitrogens with zero attached hydrogens (tertiary/aromatic N) is 1. The molecular formula is C14H20ClFN2O2S. The van der Waals surface area contributed by atoms with Crippen LogP contribution in [0.1, 0.15) is 17.3 Å². The summed E-state index contributed by atoms with van der Waals surface area (Å²) in [7, 11) is 3.56. The highest BCUT2D eigenvalue weighted by atomic mass is 35.5. The van der Waals surface area contributed by atoms with Crippen LogP contribution in [0.3, 0.4) is 0 Å². The summed E-state index contributed by atoms with van der Waals surface area (Å²) >= 11 is 1.26. The maximum Gasteiger partial charge on any atom is 0.232 e. The Hall–Kier alpha value is -1.11. The summed E-state index contributed by atoms with van der Waals surface area (Å²) in [6.45, 7) is 2.69. The molecule has 4 nitrogen and oxygen atoms in total. The van der Waals surface area contributed by atoms with Crippen molar-refractivity contribution in [1.29, 1.82) is 0 Å². The van der Waals surface area contributed by atoms with Crippen LogP contribution in [0.2, 0.25) is 0 Å². The van der Waals surface area contributed by atoms with E-state index in [1.807, 2.05) is 7.05 Å². The molecule has 0 unspecified atom stereocenters. The highest BCUT2D eigenvalue weighted by Gasteiger charge is 2.11. The molecule has 1 rings (SSSR count). The Morgan fingerprint density at radius 1 is 1.38 bits per heavy atom. The molecule has 0 atom stereocenters. The van der Waals surface area contributed by atoms with E-state index in [4.69, 9.17) is 0 Å². The Kier molecular flexibility index (Phi) is 9.24. The van der Waals surface area contributed by atoms with E-state index in [-0.39, 0.29) is 35.4 Å². The van der Waals surface area contributed by atoms with Crippen LogP contribution in [-0.4, -0.2) is 49.5 Å². The minimum atomic E-state index is -0.543. The smallest absolute Gasteiger partial charge is 0.232 e. The molecule has 1 aromatic rings. The van der Waals surface area contributed by atoms with E-state index >= 15 is 0 Å². The van der Waals surface area contributed by atoms with E-state index in [9.17, 15) is 14.0 Å². The zero-order valence-corrected chi connectivity index (χ0v) is 13.9. The third-order valence-electron chi connectivity index (χ3n) is 2.81. The number of carbonyl (C=O) groups is 2. The van der Waals surface area contributed by atoms with Gasteiger partial charge in [0.1, 0.15) is 5.82 Å². The summed E-state index contributed by atoms with van der Waals surface area (Å²) < 4.78 is 13.6. The molecule has 0 aromatic heterocycles. The van der Waals surface area contributed by atoms with Crippen molar-refractivity contribution in [1.82, 2.24) is 10.2 Å². The summed E-state index contributed by atoms with van der Waals surface area (Å²) in [5.74, 6) is -0.610. The molecule has 0 saturated carbocycles. The molecule has 0 saturated heterocycles. The number of likely N-dealkylation sites (N-methyl/N-ethyl adjacent to an activating group) is 2. The van der Waals surface area contributed by atoms with E-state index in [0.29, 0.717) is 11.4 Å². The van der Waals surface area contributed by atoms with E-state index in [0.717, 1.165) is 6.54 Å². The van der Waals surface area contributed by atoms with Crippen molar-refractivity contribution in [3.63, 3.8) is 0 Å². The first kappa shape index (κ1) is 19.9. The maximum atomic E-state index is 13.6. The molecule has 0 bridgehead atoms. The van der Waals surface area contributed by atoms with Crippen molar-refractivity contribution < 1.29 is 14.0 Å². The van der Waals surface area contributed by atoms with Crippen LogP contribution in [0, 0.1) is 5.82 Å². The molecule has 0 aliphatic rings. The first-order valence-electron chi connectivity index (χ1n) is 6.27. The van der Waals surface area contributed by atoms with Gasteiger partial charge >= 0.3 is 0 Å².